The number of aliphatic carboxylic acids is 1. The first-order valence-corrected chi connectivity index (χ1v) is 5.86. The Morgan fingerprint density at radius 2 is 1.86 bits per heavy atom. The van der Waals surface area contributed by atoms with Gasteiger partial charge in [-0.2, -0.15) is 5.26 Å². The average molecular weight is 282 g/mol. The molecule has 1 heterocycles. The summed E-state index contributed by atoms with van der Waals surface area (Å²) >= 11 is 0. The molecule has 3 N–H and O–H groups in total. The Bertz CT molecular complexity index is 764. The molecule has 1 amide bonds. The molecule has 21 heavy (non-hydrogen) atoms. The molecule has 0 radical (unpaired) electrons. The molecule has 6 heteroatoms. The van der Waals surface area contributed by atoms with Gasteiger partial charge in [0.1, 0.15) is 23.2 Å². The highest BCUT2D eigenvalue weighted by Crippen LogP contribution is 2.23. The van der Waals surface area contributed by atoms with E-state index in [0.29, 0.717) is 16.9 Å². The van der Waals surface area contributed by atoms with Gasteiger partial charge in [-0.25, -0.2) is 4.79 Å². The fraction of sp³-hybridized carbons (Fsp3) is 0. The van der Waals surface area contributed by atoms with Crippen molar-refractivity contribution in [2.75, 3.05) is 0 Å². The summed E-state index contributed by atoms with van der Waals surface area (Å²) in [7, 11) is 0. The van der Waals surface area contributed by atoms with Gasteiger partial charge < -0.3 is 15.3 Å². The van der Waals surface area contributed by atoms with Crippen LogP contribution in [-0.2, 0) is 4.79 Å². The number of nitriles is 1. The third-order valence-electron chi connectivity index (χ3n) is 2.72. The minimum absolute atomic E-state index is 0.253. The highest BCUT2D eigenvalue weighted by atomic mass is 16.4. The number of carbonyl (C=O) groups excluding carboxylic acids is 1. The molecule has 1 aromatic heterocycles. The standard InChI is InChI=1S/C15H10N2O4/c16-8-11(15(19)20)7-12-5-6-13(21-12)9-1-3-10(4-2-9)14(17)18/h1-7H,(H2,17,18)(H,19,20)/b11-7+. The molecule has 2 rings (SSSR count). The van der Waals surface area contributed by atoms with Gasteiger partial charge in [0.25, 0.3) is 0 Å². The van der Waals surface area contributed by atoms with Crippen molar-refractivity contribution in [3.8, 4) is 17.4 Å². The predicted molar refractivity (Wildman–Crippen MR) is 73.9 cm³/mol. The van der Waals surface area contributed by atoms with E-state index < -0.39 is 17.4 Å². The zero-order valence-electron chi connectivity index (χ0n) is 10.7. The Labute approximate surface area is 119 Å². The fourth-order valence-corrected chi connectivity index (χ4v) is 1.67. The van der Waals surface area contributed by atoms with E-state index in [0.717, 1.165) is 6.08 Å². The summed E-state index contributed by atoms with van der Waals surface area (Å²) in [4.78, 5) is 21.7. The third-order valence-corrected chi connectivity index (χ3v) is 2.72. The summed E-state index contributed by atoms with van der Waals surface area (Å²) < 4.78 is 5.45. The second-order valence-corrected chi connectivity index (χ2v) is 4.12. The Hall–Kier alpha value is -3.33. The lowest BCUT2D eigenvalue weighted by atomic mass is 10.1. The molecule has 0 bridgehead atoms. The van der Waals surface area contributed by atoms with Gasteiger partial charge in [0.05, 0.1) is 0 Å². The highest BCUT2D eigenvalue weighted by Gasteiger charge is 2.09. The fourth-order valence-electron chi connectivity index (χ4n) is 1.67. The Morgan fingerprint density at radius 3 is 2.38 bits per heavy atom. The van der Waals surface area contributed by atoms with Crippen molar-refractivity contribution < 1.29 is 19.1 Å². The average Bonchev–Trinajstić information content (AvgIpc) is 2.93. The Kier molecular flexibility index (Phi) is 3.86. The number of hydrogen-bond acceptors (Lipinski definition) is 4. The number of carboxylic acids is 1. The first-order chi connectivity index (χ1) is 10.0. The largest absolute Gasteiger partial charge is 0.477 e. The summed E-state index contributed by atoms with van der Waals surface area (Å²) in [6.07, 6.45) is 1.14. The van der Waals surface area contributed by atoms with E-state index in [1.54, 1.807) is 42.5 Å². The molecule has 0 fully saturated rings. The van der Waals surface area contributed by atoms with Crippen LogP contribution in [0.25, 0.3) is 17.4 Å². The number of primary amides is 1. The van der Waals surface area contributed by atoms with Gasteiger partial charge in [0, 0.05) is 17.2 Å². The summed E-state index contributed by atoms with van der Waals surface area (Å²) in [5, 5.41) is 17.4. The Balaban J connectivity index is 2.30. The predicted octanol–water partition coefficient (Wildman–Crippen LogP) is 2.04. The summed E-state index contributed by atoms with van der Waals surface area (Å²) in [5.74, 6) is -1.10. The van der Waals surface area contributed by atoms with E-state index in [4.69, 9.17) is 20.5 Å². The summed E-state index contributed by atoms with van der Waals surface area (Å²) in [5.41, 5.74) is 5.81. The van der Waals surface area contributed by atoms with Gasteiger partial charge in [-0.15, -0.1) is 0 Å². The van der Waals surface area contributed by atoms with Gasteiger partial charge in [0.15, 0.2) is 0 Å². The summed E-state index contributed by atoms with van der Waals surface area (Å²) in [6.45, 7) is 0. The molecule has 0 atom stereocenters. The van der Waals surface area contributed by atoms with Crippen molar-refractivity contribution in [2.24, 2.45) is 5.73 Å². The molecule has 0 unspecified atom stereocenters. The van der Waals surface area contributed by atoms with Crippen molar-refractivity contribution in [3.05, 3.63) is 53.3 Å². The minimum atomic E-state index is -1.32. The van der Waals surface area contributed by atoms with Crippen molar-refractivity contribution in [1.82, 2.24) is 0 Å². The van der Waals surface area contributed by atoms with Gasteiger partial charge in [-0.05, 0) is 24.3 Å². The molecular weight excluding hydrogens is 272 g/mol. The number of rotatable bonds is 4. The number of hydrogen-bond donors (Lipinski definition) is 2. The van der Waals surface area contributed by atoms with Gasteiger partial charge >= 0.3 is 5.97 Å². The van der Waals surface area contributed by atoms with Crippen molar-refractivity contribution in [3.63, 3.8) is 0 Å². The molecule has 1 aromatic carbocycles. The maximum absolute atomic E-state index is 11.0. The van der Waals surface area contributed by atoms with E-state index in [9.17, 15) is 9.59 Å². The first-order valence-electron chi connectivity index (χ1n) is 5.86. The monoisotopic (exact) mass is 282 g/mol. The highest BCUT2D eigenvalue weighted by molar-refractivity contribution is 5.96. The minimum Gasteiger partial charge on any atom is -0.477 e. The van der Waals surface area contributed by atoms with Crippen LogP contribution in [0, 0.1) is 11.3 Å². The van der Waals surface area contributed by atoms with Crippen LogP contribution >= 0.6 is 0 Å². The van der Waals surface area contributed by atoms with E-state index in [1.807, 2.05) is 0 Å². The van der Waals surface area contributed by atoms with E-state index in [2.05, 4.69) is 0 Å². The molecule has 2 aromatic rings. The third kappa shape index (κ3) is 3.16. The zero-order chi connectivity index (χ0) is 15.4. The maximum atomic E-state index is 11.0. The van der Waals surface area contributed by atoms with Crippen LogP contribution in [0.1, 0.15) is 16.1 Å². The molecule has 0 spiro atoms. The van der Waals surface area contributed by atoms with Crippen LogP contribution in [0.2, 0.25) is 0 Å². The van der Waals surface area contributed by atoms with Gasteiger partial charge in [0.2, 0.25) is 5.91 Å². The van der Waals surface area contributed by atoms with Crippen LogP contribution in [0.5, 0.6) is 0 Å². The van der Waals surface area contributed by atoms with Gasteiger partial charge in [-0.3, -0.25) is 4.79 Å². The van der Waals surface area contributed by atoms with Crippen molar-refractivity contribution in [1.29, 1.82) is 5.26 Å². The maximum Gasteiger partial charge on any atom is 0.346 e. The second kappa shape index (κ2) is 5.75. The molecule has 0 saturated heterocycles. The van der Waals surface area contributed by atoms with E-state index >= 15 is 0 Å². The number of benzene rings is 1. The lowest BCUT2D eigenvalue weighted by Gasteiger charge is -1.98. The molecule has 0 aliphatic rings. The SMILES string of the molecule is N#C/C(=C\c1ccc(-c2ccc(C(N)=O)cc2)o1)C(=O)O. The lowest BCUT2D eigenvalue weighted by molar-refractivity contribution is -0.132. The topological polar surface area (TPSA) is 117 Å². The molecule has 0 aliphatic carbocycles. The van der Waals surface area contributed by atoms with Crippen LogP contribution in [0.4, 0.5) is 0 Å². The molecule has 0 saturated carbocycles. The van der Waals surface area contributed by atoms with Crippen LogP contribution < -0.4 is 5.73 Å². The number of carbonyl (C=O) groups is 2. The zero-order valence-corrected chi connectivity index (χ0v) is 10.7. The van der Waals surface area contributed by atoms with Crippen LogP contribution in [0.15, 0.2) is 46.4 Å². The quantitative estimate of drug-likeness (QED) is 0.657. The number of amides is 1. The van der Waals surface area contributed by atoms with Crippen molar-refractivity contribution in [2.45, 2.75) is 0 Å². The first kappa shape index (κ1) is 14.1. The lowest BCUT2D eigenvalue weighted by Crippen LogP contribution is -2.10. The molecule has 104 valence electrons. The second-order valence-electron chi connectivity index (χ2n) is 4.12. The van der Waals surface area contributed by atoms with E-state index in [-0.39, 0.29) is 5.76 Å². The normalized spacial score (nSPS) is 10.9. The molecule has 6 nitrogen and oxygen atoms in total. The number of furan rings is 1. The van der Waals surface area contributed by atoms with Crippen molar-refractivity contribution >= 4 is 18.0 Å². The smallest absolute Gasteiger partial charge is 0.346 e. The number of nitrogens with two attached hydrogens (primary N) is 1. The van der Waals surface area contributed by atoms with Gasteiger partial charge in [-0.1, -0.05) is 12.1 Å². The van der Waals surface area contributed by atoms with Crippen LogP contribution in [-0.4, -0.2) is 17.0 Å². The number of carboxylic acid groups (broad SMARTS) is 1. The van der Waals surface area contributed by atoms with E-state index in [1.165, 1.54) is 0 Å². The number of nitrogens with zero attached hydrogens (tertiary/aromatic N) is 1. The summed E-state index contributed by atoms with van der Waals surface area (Å²) in [6, 6.07) is 11.2. The molecule has 0 aliphatic heterocycles. The Morgan fingerprint density at radius 1 is 1.19 bits per heavy atom. The molecular formula is C15H10N2O4. The van der Waals surface area contributed by atoms with Crippen LogP contribution in [0.3, 0.4) is 0 Å².